The highest BCUT2D eigenvalue weighted by Gasteiger charge is 2.15. The third kappa shape index (κ3) is 3.23. The number of nitrogens with zero attached hydrogens (tertiary/aromatic N) is 4. The molecule has 4 aromatic rings. The van der Waals surface area contributed by atoms with Crippen molar-refractivity contribution in [3.63, 3.8) is 0 Å². The van der Waals surface area contributed by atoms with Crippen LogP contribution in [0.2, 0.25) is 0 Å². The van der Waals surface area contributed by atoms with Crippen molar-refractivity contribution in [2.24, 2.45) is 0 Å². The third-order valence-electron chi connectivity index (χ3n) is 4.25. The van der Waals surface area contributed by atoms with Crippen molar-refractivity contribution >= 4 is 17.2 Å². The fourth-order valence-electron chi connectivity index (χ4n) is 2.86. The van der Waals surface area contributed by atoms with E-state index >= 15 is 0 Å². The molecule has 1 amide bonds. The molecule has 0 radical (unpaired) electrons. The molecule has 1 N–H and O–H groups in total. The molecule has 140 valence electrons. The van der Waals surface area contributed by atoms with Gasteiger partial charge < -0.3 is 10.1 Å². The van der Waals surface area contributed by atoms with Crippen molar-refractivity contribution < 1.29 is 9.53 Å². The number of carbonyl (C=O) groups excluding carboxylic acids is 1. The summed E-state index contributed by atoms with van der Waals surface area (Å²) in [6.45, 7) is 1.87. The maximum Gasteiger partial charge on any atom is 0.270 e. The minimum Gasteiger partial charge on any atom is -0.497 e. The Kier molecular flexibility index (Phi) is 4.36. The lowest BCUT2D eigenvalue weighted by Gasteiger charge is -2.11. The Hall–Kier alpha value is -3.94. The normalized spacial score (nSPS) is 10.8. The predicted octanol–water partition coefficient (Wildman–Crippen LogP) is 2.45. The van der Waals surface area contributed by atoms with Gasteiger partial charge in [0.05, 0.1) is 12.8 Å². The molecule has 0 bridgehead atoms. The van der Waals surface area contributed by atoms with E-state index in [0.29, 0.717) is 22.8 Å². The first-order chi connectivity index (χ1) is 13.5. The van der Waals surface area contributed by atoms with E-state index in [1.165, 1.54) is 17.7 Å². The van der Waals surface area contributed by atoms with E-state index in [9.17, 15) is 9.59 Å². The molecule has 0 saturated heterocycles. The molecule has 0 unspecified atom stereocenters. The zero-order chi connectivity index (χ0) is 19.7. The lowest BCUT2D eigenvalue weighted by molar-refractivity contribution is 0.102. The number of aromatic nitrogens is 4. The van der Waals surface area contributed by atoms with Gasteiger partial charge in [0, 0.05) is 42.6 Å². The molecule has 4 rings (SSSR count). The maximum absolute atomic E-state index is 12.7. The highest BCUT2D eigenvalue weighted by molar-refractivity contribution is 6.04. The summed E-state index contributed by atoms with van der Waals surface area (Å²) >= 11 is 0. The van der Waals surface area contributed by atoms with E-state index in [-0.39, 0.29) is 5.56 Å². The number of carbonyl (C=O) groups is 1. The Morgan fingerprint density at radius 2 is 2.07 bits per heavy atom. The second kappa shape index (κ2) is 6.99. The fourth-order valence-corrected chi connectivity index (χ4v) is 2.86. The van der Waals surface area contributed by atoms with Gasteiger partial charge in [0.25, 0.3) is 11.5 Å². The summed E-state index contributed by atoms with van der Waals surface area (Å²) in [4.78, 5) is 29.6. The second-order valence-electron chi connectivity index (χ2n) is 6.24. The monoisotopic (exact) mass is 375 g/mol. The number of rotatable bonds is 4. The summed E-state index contributed by atoms with van der Waals surface area (Å²) in [5.41, 5.74) is 2.08. The smallest absolute Gasteiger partial charge is 0.270 e. The molecule has 0 atom stereocenters. The number of pyridine rings is 1. The SMILES string of the molecule is COc1cc(NC(=O)c2cnc3ccc(C)cn3c2=O)cc(-n2cccn2)c1. The van der Waals surface area contributed by atoms with Crippen LogP contribution >= 0.6 is 0 Å². The molecule has 28 heavy (non-hydrogen) atoms. The maximum atomic E-state index is 12.7. The summed E-state index contributed by atoms with van der Waals surface area (Å²) in [5.74, 6) is 0.000331. The van der Waals surface area contributed by atoms with Gasteiger partial charge in [0.2, 0.25) is 0 Å². The van der Waals surface area contributed by atoms with Crippen LogP contribution in [0, 0.1) is 6.92 Å². The summed E-state index contributed by atoms with van der Waals surface area (Å²) in [6.07, 6.45) is 6.38. The van der Waals surface area contributed by atoms with Crippen molar-refractivity contribution in [1.82, 2.24) is 19.2 Å². The fraction of sp³-hybridized carbons (Fsp3) is 0.100. The summed E-state index contributed by atoms with van der Waals surface area (Å²) in [7, 11) is 1.54. The van der Waals surface area contributed by atoms with Crippen molar-refractivity contribution in [2.75, 3.05) is 12.4 Å². The van der Waals surface area contributed by atoms with Crippen LogP contribution in [0.1, 0.15) is 15.9 Å². The van der Waals surface area contributed by atoms with Gasteiger partial charge in [-0.1, -0.05) is 6.07 Å². The highest BCUT2D eigenvalue weighted by Crippen LogP contribution is 2.23. The quantitative estimate of drug-likeness (QED) is 0.592. The second-order valence-corrected chi connectivity index (χ2v) is 6.24. The number of amides is 1. The van der Waals surface area contributed by atoms with Crippen LogP contribution < -0.4 is 15.6 Å². The number of hydrogen-bond donors (Lipinski definition) is 1. The molecule has 3 aromatic heterocycles. The Bertz CT molecular complexity index is 1230. The zero-order valence-corrected chi connectivity index (χ0v) is 15.3. The topological polar surface area (TPSA) is 90.5 Å². The number of aryl methyl sites for hydroxylation is 1. The third-order valence-corrected chi connectivity index (χ3v) is 4.25. The average molecular weight is 375 g/mol. The molecule has 1 aromatic carbocycles. The average Bonchev–Trinajstić information content (AvgIpc) is 3.23. The molecule has 8 heteroatoms. The number of methoxy groups -OCH3 is 1. The van der Waals surface area contributed by atoms with Gasteiger partial charge >= 0.3 is 0 Å². The van der Waals surface area contributed by atoms with Crippen molar-refractivity contribution in [3.8, 4) is 11.4 Å². The summed E-state index contributed by atoms with van der Waals surface area (Å²) < 4.78 is 8.32. The van der Waals surface area contributed by atoms with Gasteiger partial charge in [-0.2, -0.15) is 5.10 Å². The van der Waals surface area contributed by atoms with Crippen LogP contribution in [0.4, 0.5) is 5.69 Å². The number of ether oxygens (including phenoxy) is 1. The lowest BCUT2D eigenvalue weighted by atomic mass is 10.2. The Balaban J connectivity index is 1.71. The molecule has 0 aliphatic carbocycles. The molecule has 8 nitrogen and oxygen atoms in total. The Morgan fingerprint density at radius 1 is 1.21 bits per heavy atom. The van der Waals surface area contributed by atoms with E-state index in [1.54, 1.807) is 53.6 Å². The van der Waals surface area contributed by atoms with E-state index in [1.807, 2.05) is 13.0 Å². The van der Waals surface area contributed by atoms with Gasteiger partial charge in [-0.25, -0.2) is 9.67 Å². The van der Waals surface area contributed by atoms with E-state index in [4.69, 9.17) is 4.74 Å². The molecular formula is C20H17N5O3. The molecule has 3 heterocycles. The first kappa shape index (κ1) is 17.5. The van der Waals surface area contributed by atoms with Crippen LogP contribution in [0.25, 0.3) is 11.3 Å². The summed E-state index contributed by atoms with van der Waals surface area (Å²) in [6, 6.07) is 10.6. The van der Waals surface area contributed by atoms with Crippen molar-refractivity contribution in [3.05, 3.63) is 82.7 Å². The van der Waals surface area contributed by atoms with E-state index in [0.717, 1.165) is 5.56 Å². The minimum absolute atomic E-state index is 0.0495. The van der Waals surface area contributed by atoms with Crippen molar-refractivity contribution in [2.45, 2.75) is 6.92 Å². The van der Waals surface area contributed by atoms with Gasteiger partial charge in [-0.3, -0.25) is 14.0 Å². The Labute approximate surface area is 160 Å². The van der Waals surface area contributed by atoms with Gasteiger partial charge in [0.15, 0.2) is 0 Å². The van der Waals surface area contributed by atoms with Crippen LogP contribution in [0.3, 0.4) is 0 Å². The largest absolute Gasteiger partial charge is 0.497 e. The van der Waals surface area contributed by atoms with Gasteiger partial charge in [-0.15, -0.1) is 0 Å². The number of fused-ring (bicyclic) bond motifs is 1. The lowest BCUT2D eigenvalue weighted by Crippen LogP contribution is -2.26. The van der Waals surface area contributed by atoms with Crippen molar-refractivity contribution in [1.29, 1.82) is 0 Å². The molecular weight excluding hydrogens is 358 g/mol. The van der Waals surface area contributed by atoms with Crippen LogP contribution in [-0.4, -0.2) is 32.2 Å². The number of nitrogens with one attached hydrogen (secondary N) is 1. The van der Waals surface area contributed by atoms with Crippen LogP contribution in [0.5, 0.6) is 5.75 Å². The molecule has 0 saturated carbocycles. The van der Waals surface area contributed by atoms with Gasteiger partial charge in [0.1, 0.15) is 17.0 Å². The minimum atomic E-state index is -0.548. The first-order valence-electron chi connectivity index (χ1n) is 8.53. The Morgan fingerprint density at radius 3 is 2.82 bits per heavy atom. The van der Waals surface area contributed by atoms with Crippen LogP contribution in [-0.2, 0) is 0 Å². The van der Waals surface area contributed by atoms with E-state index < -0.39 is 11.5 Å². The molecule has 0 fully saturated rings. The highest BCUT2D eigenvalue weighted by atomic mass is 16.5. The van der Waals surface area contributed by atoms with Gasteiger partial charge in [-0.05, 0) is 30.7 Å². The molecule has 0 aliphatic heterocycles. The van der Waals surface area contributed by atoms with E-state index in [2.05, 4.69) is 15.4 Å². The number of hydrogen-bond acceptors (Lipinski definition) is 5. The molecule has 0 spiro atoms. The predicted molar refractivity (Wildman–Crippen MR) is 104 cm³/mol. The summed E-state index contributed by atoms with van der Waals surface area (Å²) in [5, 5.41) is 6.92. The zero-order valence-electron chi connectivity index (χ0n) is 15.3. The molecule has 0 aliphatic rings. The standard InChI is InChI=1S/C20H17N5O3/c1-13-4-5-18-21-11-17(20(27)24(18)12-13)19(26)23-14-8-15(10-16(9-14)28-2)25-7-3-6-22-25/h3-12H,1-2H3,(H,23,26). The van der Waals surface area contributed by atoms with Crippen LogP contribution in [0.15, 0.2) is 66.0 Å². The number of benzene rings is 1. The number of anilines is 1. The first-order valence-corrected chi connectivity index (χ1v) is 8.53.